The molecule has 0 radical (unpaired) electrons. The minimum absolute atomic E-state index is 0.00913. The lowest BCUT2D eigenvalue weighted by Crippen LogP contribution is -2.39. The fraction of sp³-hybridized carbons (Fsp3) is 0.917. The molecule has 0 aromatic rings. The summed E-state index contributed by atoms with van der Waals surface area (Å²) in [7, 11) is 0. The Bertz CT molecular complexity index is 312. The van der Waals surface area contributed by atoms with Crippen molar-refractivity contribution in [1.82, 2.24) is 0 Å². The van der Waals surface area contributed by atoms with Crippen LogP contribution in [-0.4, -0.2) is 24.3 Å². The summed E-state index contributed by atoms with van der Waals surface area (Å²) in [4.78, 5) is 11.8. The summed E-state index contributed by atoms with van der Waals surface area (Å²) in [5, 5.41) is 0. The van der Waals surface area contributed by atoms with Gasteiger partial charge in [0.25, 0.3) is 0 Å². The third-order valence-electron chi connectivity index (χ3n) is 4.39. The lowest BCUT2D eigenvalue weighted by molar-refractivity contribution is -0.150. The predicted molar refractivity (Wildman–Crippen MR) is 54.2 cm³/mol. The number of ether oxygens (including phenoxy) is 2. The molecule has 1 aliphatic heterocycles. The largest absolute Gasteiger partial charge is 0.459 e. The summed E-state index contributed by atoms with van der Waals surface area (Å²) in [6.45, 7) is 6.15. The molecular weight excluding hydrogens is 192 g/mol. The molecule has 3 rings (SSSR count). The average Bonchev–Trinajstić information content (AvgIpc) is 2.66. The van der Waals surface area contributed by atoms with E-state index in [-0.39, 0.29) is 29.7 Å². The Balaban J connectivity index is 1.87. The van der Waals surface area contributed by atoms with Gasteiger partial charge < -0.3 is 9.47 Å². The van der Waals surface area contributed by atoms with Crippen molar-refractivity contribution in [3.63, 3.8) is 0 Å². The molecule has 2 saturated carbocycles. The van der Waals surface area contributed by atoms with Crippen LogP contribution in [0.2, 0.25) is 0 Å². The molecule has 0 N–H and O–H groups in total. The van der Waals surface area contributed by atoms with E-state index in [4.69, 9.17) is 9.47 Å². The molecular formula is C12H18O3. The molecule has 4 unspecified atom stereocenters. The molecule has 15 heavy (non-hydrogen) atoms. The van der Waals surface area contributed by atoms with Crippen molar-refractivity contribution in [3.8, 4) is 0 Å². The highest BCUT2D eigenvalue weighted by Crippen LogP contribution is 2.62. The van der Waals surface area contributed by atoms with E-state index in [0.29, 0.717) is 11.8 Å². The van der Waals surface area contributed by atoms with Gasteiger partial charge in [0.05, 0.1) is 17.6 Å². The van der Waals surface area contributed by atoms with E-state index >= 15 is 0 Å². The fourth-order valence-corrected chi connectivity index (χ4v) is 3.75. The van der Waals surface area contributed by atoms with Crippen LogP contribution in [0.15, 0.2) is 0 Å². The zero-order valence-corrected chi connectivity index (χ0v) is 9.53. The Morgan fingerprint density at radius 1 is 1.53 bits per heavy atom. The van der Waals surface area contributed by atoms with Gasteiger partial charge in [0, 0.05) is 5.92 Å². The number of esters is 1. The van der Waals surface area contributed by atoms with Crippen LogP contribution in [0.25, 0.3) is 0 Å². The number of rotatable bonds is 2. The minimum Gasteiger partial charge on any atom is -0.459 e. The first kappa shape index (κ1) is 9.64. The van der Waals surface area contributed by atoms with Crippen molar-refractivity contribution in [2.24, 2.45) is 17.3 Å². The van der Waals surface area contributed by atoms with Crippen LogP contribution in [0.4, 0.5) is 0 Å². The van der Waals surface area contributed by atoms with Crippen molar-refractivity contribution < 1.29 is 14.3 Å². The number of hydrogen-bond donors (Lipinski definition) is 0. The molecule has 2 aliphatic carbocycles. The van der Waals surface area contributed by atoms with E-state index in [0.717, 1.165) is 12.8 Å². The SMILES string of the molecule is CC(C)OC1C2CC3C1OC(=O)[C@]3(C)C2. The van der Waals surface area contributed by atoms with E-state index in [1.807, 2.05) is 13.8 Å². The average molecular weight is 210 g/mol. The Morgan fingerprint density at radius 3 is 2.93 bits per heavy atom. The van der Waals surface area contributed by atoms with E-state index in [1.165, 1.54) is 0 Å². The summed E-state index contributed by atoms with van der Waals surface area (Å²) in [6, 6.07) is 0. The number of carbonyl (C=O) groups is 1. The molecule has 1 heterocycles. The van der Waals surface area contributed by atoms with Crippen LogP contribution >= 0.6 is 0 Å². The maximum atomic E-state index is 11.8. The summed E-state index contributed by atoms with van der Waals surface area (Å²) in [5.41, 5.74) is -0.188. The molecule has 3 heteroatoms. The molecule has 3 nitrogen and oxygen atoms in total. The van der Waals surface area contributed by atoms with Crippen LogP contribution in [-0.2, 0) is 14.3 Å². The summed E-state index contributed by atoms with van der Waals surface area (Å²) in [5.74, 6) is 0.965. The lowest BCUT2D eigenvalue weighted by atomic mass is 9.75. The predicted octanol–water partition coefficient (Wildman–Crippen LogP) is 1.75. The molecule has 3 fully saturated rings. The van der Waals surface area contributed by atoms with Gasteiger partial charge in [-0.25, -0.2) is 0 Å². The van der Waals surface area contributed by atoms with Crippen molar-refractivity contribution in [2.75, 3.05) is 0 Å². The topological polar surface area (TPSA) is 35.5 Å². The van der Waals surface area contributed by atoms with Crippen molar-refractivity contribution in [1.29, 1.82) is 0 Å². The van der Waals surface area contributed by atoms with E-state index in [1.54, 1.807) is 0 Å². The second-order valence-corrected chi connectivity index (χ2v) is 5.74. The first-order chi connectivity index (χ1) is 7.02. The van der Waals surface area contributed by atoms with E-state index in [2.05, 4.69) is 6.92 Å². The fourth-order valence-electron chi connectivity index (χ4n) is 3.75. The van der Waals surface area contributed by atoms with Gasteiger partial charge in [0.15, 0.2) is 0 Å². The maximum Gasteiger partial charge on any atom is 0.312 e. The van der Waals surface area contributed by atoms with E-state index < -0.39 is 0 Å². The second kappa shape index (κ2) is 2.76. The summed E-state index contributed by atoms with van der Waals surface area (Å²) in [6.07, 6.45) is 2.51. The quantitative estimate of drug-likeness (QED) is 0.651. The van der Waals surface area contributed by atoms with Gasteiger partial charge in [-0.15, -0.1) is 0 Å². The first-order valence-corrected chi connectivity index (χ1v) is 5.89. The molecule has 84 valence electrons. The number of fused-ring (bicyclic) bond motifs is 1. The van der Waals surface area contributed by atoms with Gasteiger partial charge in [-0.2, -0.15) is 0 Å². The molecule has 0 aromatic carbocycles. The maximum absolute atomic E-state index is 11.8. The molecule has 3 aliphatic rings. The molecule has 2 bridgehead atoms. The summed E-state index contributed by atoms with van der Waals surface area (Å²) >= 11 is 0. The molecule has 0 aromatic heterocycles. The van der Waals surface area contributed by atoms with Gasteiger partial charge in [0.1, 0.15) is 6.10 Å². The number of carbonyl (C=O) groups excluding carboxylic acids is 1. The van der Waals surface area contributed by atoms with Crippen LogP contribution in [0.3, 0.4) is 0 Å². The highest BCUT2D eigenvalue weighted by Gasteiger charge is 2.68. The van der Waals surface area contributed by atoms with Crippen LogP contribution in [0, 0.1) is 17.3 Å². The zero-order valence-electron chi connectivity index (χ0n) is 9.53. The second-order valence-electron chi connectivity index (χ2n) is 5.74. The minimum atomic E-state index is -0.188. The van der Waals surface area contributed by atoms with Crippen LogP contribution in [0.5, 0.6) is 0 Å². The van der Waals surface area contributed by atoms with Gasteiger partial charge >= 0.3 is 5.97 Å². The highest BCUT2D eigenvalue weighted by molar-refractivity contribution is 5.80. The number of hydrogen-bond acceptors (Lipinski definition) is 3. The van der Waals surface area contributed by atoms with Gasteiger partial charge in [-0.1, -0.05) is 0 Å². The molecule has 0 spiro atoms. The normalized spacial score (nSPS) is 51.6. The first-order valence-electron chi connectivity index (χ1n) is 5.89. The van der Waals surface area contributed by atoms with Crippen LogP contribution < -0.4 is 0 Å². The lowest BCUT2D eigenvalue weighted by Gasteiger charge is -2.30. The van der Waals surface area contributed by atoms with Crippen molar-refractivity contribution >= 4 is 5.97 Å². The van der Waals surface area contributed by atoms with E-state index in [9.17, 15) is 4.79 Å². The Morgan fingerprint density at radius 2 is 2.27 bits per heavy atom. The monoisotopic (exact) mass is 210 g/mol. The Kier molecular flexibility index (Phi) is 1.77. The molecule has 0 amide bonds. The Labute approximate surface area is 90.1 Å². The van der Waals surface area contributed by atoms with Crippen LogP contribution in [0.1, 0.15) is 33.6 Å². The third-order valence-corrected chi connectivity index (χ3v) is 4.39. The summed E-state index contributed by atoms with van der Waals surface area (Å²) < 4.78 is 11.4. The van der Waals surface area contributed by atoms with Crippen molar-refractivity contribution in [2.45, 2.75) is 51.9 Å². The van der Waals surface area contributed by atoms with Gasteiger partial charge in [0.2, 0.25) is 0 Å². The molecule has 5 atom stereocenters. The Hall–Kier alpha value is -0.570. The third kappa shape index (κ3) is 1.07. The smallest absolute Gasteiger partial charge is 0.312 e. The standard InChI is InChI=1S/C12H18O3/c1-6(2)14-9-7-4-8-10(9)15-11(13)12(8,3)5-7/h6-10H,4-5H2,1-3H3/t7?,8?,9?,10?,12-/m1/s1. The van der Waals surface area contributed by atoms with Crippen molar-refractivity contribution in [3.05, 3.63) is 0 Å². The zero-order chi connectivity index (χ0) is 10.8. The van der Waals surface area contributed by atoms with Gasteiger partial charge in [-0.3, -0.25) is 4.79 Å². The highest BCUT2D eigenvalue weighted by atomic mass is 16.6. The van der Waals surface area contributed by atoms with Gasteiger partial charge in [-0.05, 0) is 39.5 Å². The molecule has 1 saturated heterocycles.